The van der Waals surface area contributed by atoms with Crippen molar-refractivity contribution in [2.75, 3.05) is 0 Å². The molecule has 2 amide bonds. The molecule has 1 aliphatic carbocycles. The number of halogens is 2. The first kappa shape index (κ1) is 16.9. The molecule has 130 valence electrons. The van der Waals surface area contributed by atoms with Gasteiger partial charge in [0.15, 0.2) is 0 Å². The lowest BCUT2D eigenvalue weighted by atomic mass is 9.85. The molecule has 0 aromatic heterocycles. The second-order valence-corrected chi connectivity index (χ2v) is 7.01. The van der Waals surface area contributed by atoms with E-state index in [0.29, 0.717) is 24.8 Å². The number of carbonyl (C=O) groups excluding carboxylic acids is 2. The number of hydrogen-bond acceptors (Lipinski definition) is 2. The van der Waals surface area contributed by atoms with Crippen LogP contribution < -0.4 is 10.6 Å². The molecule has 2 atom stereocenters. The van der Waals surface area contributed by atoms with Crippen molar-refractivity contribution in [2.45, 2.75) is 57.0 Å². The maximum Gasteiger partial charge on any atom is 0.224 e. The second-order valence-electron chi connectivity index (χ2n) is 7.01. The molecule has 0 radical (unpaired) electrons. The van der Waals surface area contributed by atoms with E-state index in [1.165, 1.54) is 12.1 Å². The number of carbonyl (C=O) groups is 2. The van der Waals surface area contributed by atoms with Crippen molar-refractivity contribution >= 4 is 11.8 Å². The molecular formula is C18H22F2N2O2. The Bertz CT molecular complexity index is 656. The topological polar surface area (TPSA) is 58.2 Å². The Hall–Kier alpha value is -1.98. The average molecular weight is 336 g/mol. The Kier molecular flexibility index (Phi) is 4.56. The van der Waals surface area contributed by atoms with E-state index < -0.39 is 23.1 Å². The van der Waals surface area contributed by atoms with E-state index in [9.17, 15) is 18.4 Å². The standard InChI is InChI=1S/C18H22F2N2O2/c1-11-8-12(9-16(23)21-11)17(24)22-18(6-2-3-7-18)14-5-4-13(19)10-15(14)20/h4-5,10-12H,2-3,6-9H2,1H3,(H,21,23)(H,22,24)/t11-,12+/m1/s1. The maximum absolute atomic E-state index is 14.3. The quantitative estimate of drug-likeness (QED) is 0.892. The molecule has 0 spiro atoms. The predicted octanol–water partition coefficient (Wildman–Crippen LogP) is 2.77. The molecule has 1 aromatic rings. The summed E-state index contributed by atoms with van der Waals surface area (Å²) in [5.74, 6) is -2.03. The zero-order valence-electron chi connectivity index (χ0n) is 13.7. The highest BCUT2D eigenvalue weighted by Crippen LogP contribution is 2.40. The third kappa shape index (κ3) is 3.28. The van der Waals surface area contributed by atoms with Crippen molar-refractivity contribution in [1.82, 2.24) is 10.6 Å². The summed E-state index contributed by atoms with van der Waals surface area (Å²) in [5, 5.41) is 5.79. The molecule has 4 nitrogen and oxygen atoms in total. The van der Waals surface area contributed by atoms with Crippen LogP contribution in [0.1, 0.15) is 51.0 Å². The molecule has 1 aliphatic heterocycles. The molecule has 1 saturated heterocycles. The predicted molar refractivity (Wildman–Crippen MR) is 85.0 cm³/mol. The molecule has 6 heteroatoms. The van der Waals surface area contributed by atoms with Crippen LogP contribution in [0, 0.1) is 17.6 Å². The Labute approximate surface area is 140 Å². The third-order valence-electron chi connectivity index (χ3n) is 5.11. The fourth-order valence-electron chi connectivity index (χ4n) is 3.98. The highest BCUT2D eigenvalue weighted by molar-refractivity contribution is 5.87. The van der Waals surface area contributed by atoms with Gasteiger partial charge >= 0.3 is 0 Å². The van der Waals surface area contributed by atoms with Gasteiger partial charge in [-0.25, -0.2) is 8.78 Å². The normalized spacial score (nSPS) is 26.0. The lowest BCUT2D eigenvalue weighted by molar-refractivity contribution is -0.134. The lowest BCUT2D eigenvalue weighted by Gasteiger charge is -2.35. The van der Waals surface area contributed by atoms with Crippen LogP contribution in [-0.4, -0.2) is 17.9 Å². The summed E-state index contributed by atoms with van der Waals surface area (Å²) in [4.78, 5) is 24.4. The Morgan fingerprint density at radius 2 is 2.00 bits per heavy atom. The summed E-state index contributed by atoms with van der Waals surface area (Å²) >= 11 is 0. The number of hydrogen-bond donors (Lipinski definition) is 2. The van der Waals surface area contributed by atoms with Gasteiger partial charge < -0.3 is 10.6 Å². The van der Waals surface area contributed by atoms with Crippen LogP contribution in [0.15, 0.2) is 18.2 Å². The van der Waals surface area contributed by atoms with Gasteiger partial charge in [-0.05, 0) is 32.3 Å². The minimum Gasteiger partial charge on any atom is -0.354 e. The van der Waals surface area contributed by atoms with Gasteiger partial charge in [-0.1, -0.05) is 18.9 Å². The highest BCUT2D eigenvalue weighted by Gasteiger charge is 2.41. The number of nitrogens with one attached hydrogen (secondary N) is 2. The SMILES string of the molecule is C[C@@H]1C[C@H](C(=O)NC2(c3ccc(F)cc3F)CCCC2)CC(=O)N1. The lowest BCUT2D eigenvalue weighted by Crippen LogP contribution is -2.51. The number of rotatable bonds is 3. The van der Waals surface area contributed by atoms with E-state index in [1.54, 1.807) is 0 Å². The molecule has 1 heterocycles. The van der Waals surface area contributed by atoms with Crippen LogP contribution in [0.4, 0.5) is 8.78 Å². The largest absolute Gasteiger partial charge is 0.354 e. The zero-order valence-corrected chi connectivity index (χ0v) is 13.7. The van der Waals surface area contributed by atoms with Gasteiger partial charge in [-0.15, -0.1) is 0 Å². The molecule has 24 heavy (non-hydrogen) atoms. The van der Waals surface area contributed by atoms with Crippen LogP contribution in [0.5, 0.6) is 0 Å². The second kappa shape index (κ2) is 6.49. The first-order valence-electron chi connectivity index (χ1n) is 8.46. The van der Waals surface area contributed by atoms with Gasteiger partial charge in [0, 0.05) is 30.0 Å². The average Bonchev–Trinajstić information content (AvgIpc) is 2.95. The van der Waals surface area contributed by atoms with Crippen molar-refractivity contribution < 1.29 is 18.4 Å². The fraction of sp³-hybridized carbons (Fsp3) is 0.556. The van der Waals surface area contributed by atoms with Gasteiger partial charge in [0.25, 0.3) is 0 Å². The Balaban J connectivity index is 1.83. The summed E-state index contributed by atoms with van der Waals surface area (Å²) < 4.78 is 27.5. The van der Waals surface area contributed by atoms with Gasteiger partial charge in [0.2, 0.25) is 11.8 Å². The molecule has 0 bridgehead atoms. The van der Waals surface area contributed by atoms with Gasteiger partial charge in [0.1, 0.15) is 11.6 Å². The van der Waals surface area contributed by atoms with E-state index in [1.807, 2.05) is 6.92 Å². The minimum absolute atomic E-state index is 0.0518. The van der Waals surface area contributed by atoms with Crippen LogP contribution in [0.25, 0.3) is 0 Å². The van der Waals surface area contributed by atoms with Crippen molar-refractivity contribution in [2.24, 2.45) is 5.92 Å². The molecule has 1 aromatic carbocycles. The molecule has 1 saturated carbocycles. The van der Waals surface area contributed by atoms with Crippen molar-refractivity contribution in [3.8, 4) is 0 Å². The fourth-order valence-corrected chi connectivity index (χ4v) is 3.98. The minimum atomic E-state index is -0.800. The molecule has 2 N–H and O–H groups in total. The third-order valence-corrected chi connectivity index (χ3v) is 5.11. The van der Waals surface area contributed by atoms with Crippen LogP contribution in [-0.2, 0) is 15.1 Å². The molecule has 2 fully saturated rings. The summed E-state index contributed by atoms with van der Waals surface area (Å²) in [7, 11) is 0. The number of benzene rings is 1. The van der Waals surface area contributed by atoms with E-state index >= 15 is 0 Å². The number of piperidine rings is 1. The molecular weight excluding hydrogens is 314 g/mol. The summed E-state index contributed by atoms with van der Waals surface area (Å²) in [6, 6.07) is 3.45. The van der Waals surface area contributed by atoms with E-state index in [-0.39, 0.29) is 24.3 Å². The summed E-state index contributed by atoms with van der Waals surface area (Å²) in [5.41, 5.74) is -0.463. The summed E-state index contributed by atoms with van der Waals surface area (Å²) in [6.07, 6.45) is 3.71. The molecule has 0 unspecified atom stereocenters. The van der Waals surface area contributed by atoms with Crippen molar-refractivity contribution in [3.63, 3.8) is 0 Å². The number of amides is 2. The van der Waals surface area contributed by atoms with E-state index in [0.717, 1.165) is 18.9 Å². The smallest absolute Gasteiger partial charge is 0.224 e. The van der Waals surface area contributed by atoms with Crippen molar-refractivity contribution in [3.05, 3.63) is 35.4 Å². The van der Waals surface area contributed by atoms with E-state index in [2.05, 4.69) is 10.6 Å². The van der Waals surface area contributed by atoms with Crippen LogP contribution >= 0.6 is 0 Å². The monoisotopic (exact) mass is 336 g/mol. The van der Waals surface area contributed by atoms with Crippen molar-refractivity contribution in [1.29, 1.82) is 0 Å². The molecule has 3 rings (SSSR count). The maximum atomic E-state index is 14.3. The van der Waals surface area contributed by atoms with Gasteiger partial charge in [-0.3, -0.25) is 9.59 Å². The highest BCUT2D eigenvalue weighted by atomic mass is 19.1. The van der Waals surface area contributed by atoms with Crippen LogP contribution in [0.3, 0.4) is 0 Å². The van der Waals surface area contributed by atoms with Gasteiger partial charge in [0.05, 0.1) is 5.54 Å². The van der Waals surface area contributed by atoms with Crippen LogP contribution in [0.2, 0.25) is 0 Å². The van der Waals surface area contributed by atoms with Gasteiger partial charge in [-0.2, -0.15) is 0 Å². The zero-order chi connectivity index (χ0) is 17.3. The Morgan fingerprint density at radius 3 is 2.62 bits per heavy atom. The summed E-state index contributed by atoms with van der Waals surface area (Å²) in [6.45, 7) is 1.86. The Morgan fingerprint density at radius 1 is 1.29 bits per heavy atom. The first-order chi connectivity index (χ1) is 11.4. The van der Waals surface area contributed by atoms with E-state index in [4.69, 9.17) is 0 Å². The molecule has 2 aliphatic rings. The first-order valence-corrected chi connectivity index (χ1v) is 8.46.